The highest BCUT2D eigenvalue weighted by Gasteiger charge is 2.44. The summed E-state index contributed by atoms with van der Waals surface area (Å²) >= 11 is 0. The summed E-state index contributed by atoms with van der Waals surface area (Å²) in [5, 5.41) is 4.91. The van der Waals surface area contributed by atoms with Crippen LogP contribution in [0.3, 0.4) is 0 Å². The van der Waals surface area contributed by atoms with Crippen molar-refractivity contribution in [1.29, 1.82) is 0 Å². The lowest BCUT2D eigenvalue weighted by Gasteiger charge is -2.46. The molecule has 11 rings (SSSR count). The Morgan fingerprint density at radius 3 is 1.73 bits per heavy atom. The summed E-state index contributed by atoms with van der Waals surface area (Å²) in [4.78, 5) is 14.1. The molecular weight excluding hydrogens is 679 g/mol. The van der Waals surface area contributed by atoms with Crippen molar-refractivity contribution in [3.8, 4) is 22.3 Å². The third-order valence-corrected chi connectivity index (χ3v) is 11.8. The van der Waals surface area contributed by atoms with Crippen LogP contribution in [0.15, 0.2) is 170 Å². The molecule has 0 atom stereocenters. The molecule has 0 bridgehead atoms. The van der Waals surface area contributed by atoms with E-state index in [1.165, 1.54) is 66.0 Å². The van der Waals surface area contributed by atoms with Crippen molar-refractivity contribution in [2.75, 3.05) is 9.80 Å². The number of aryl methyl sites for hydroxylation is 3. The smallest absolute Gasteiger partial charge is 0.248 e. The van der Waals surface area contributed by atoms with E-state index < -0.39 is 0 Å². The first kappa shape index (κ1) is 32.5. The molecule has 4 nitrogen and oxygen atoms in total. The van der Waals surface area contributed by atoms with Gasteiger partial charge >= 0.3 is 0 Å². The minimum atomic E-state index is -0.00441. The molecule has 0 N–H and O–H groups in total. The van der Waals surface area contributed by atoms with Crippen LogP contribution in [0.25, 0.3) is 43.8 Å². The van der Waals surface area contributed by atoms with Crippen molar-refractivity contribution in [1.82, 2.24) is 9.97 Å². The highest BCUT2D eigenvalue weighted by atomic mass is 15.3. The van der Waals surface area contributed by atoms with Crippen LogP contribution >= 0.6 is 0 Å². The molecule has 264 valence electrons. The van der Waals surface area contributed by atoms with Gasteiger partial charge in [0.15, 0.2) is 0 Å². The van der Waals surface area contributed by atoms with E-state index in [1.807, 2.05) is 36.9 Å². The van der Waals surface area contributed by atoms with Crippen molar-refractivity contribution < 1.29 is 0 Å². The van der Waals surface area contributed by atoms with Crippen molar-refractivity contribution in [2.45, 2.75) is 20.8 Å². The van der Waals surface area contributed by atoms with Gasteiger partial charge in [0.2, 0.25) is 6.71 Å². The standard InChI is InChI=1S/C51H37BN4/c1-32-23-33(2)49(34(3)24-32)52-44-20-19-38(41-16-10-22-54-31-41)26-45(44)56-47-28-37-12-5-4-11-36(37)27-46(47)55(42-17-8-14-35(25-42)40-15-9-21-53-30-40)48-29-39-13-6-7-18-43(39)50(52)51(48)56/h4-31H,1-3H3. The second kappa shape index (κ2) is 12.5. The Morgan fingerprint density at radius 2 is 1.05 bits per heavy atom. The van der Waals surface area contributed by atoms with Crippen LogP contribution in [-0.4, -0.2) is 16.7 Å². The van der Waals surface area contributed by atoms with Crippen LogP contribution in [0.1, 0.15) is 16.7 Å². The number of rotatable bonds is 4. The average Bonchev–Trinajstić information content (AvgIpc) is 3.23. The topological polar surface area (TPSA) is 32.3 Å². The van der Waals surface area contributed by atoms with E-state index in [2.05, 4.69) is 174 Å². The molecule has 2 aliphatic rings. The molecule has 0 saturated heterocycles. The summed E-state index contributed by atoms with van der Waals surface area (Å²) < 4.78 is 0. The number of hydrogen-bond donors (Lipinski definition) is 0. The highest BCUT2D eigenvalue weighted by Crippen LogP contribution is 2.57. The fourth-order valence-corrected chi connectivity index (χ4v) is 9.55. The van der Waals surface area contributed by atoms with Gasteiger partial charge in [-0.05, 0) is 113 Å². The summed E-state index contributed by atoms with van der Waals surface area (Å²) in [6.45, 7) is 6.79. The minimum absolute atomic E-state index is 0.00441. The van der Waals surface area contributed by atoms with Crippen molar-refractivity contribution in [2.24, 2.45) is 0 Å². The zero-order valence-electron chi connectivity index (χ0n) is 31.5. The van der Waals surface area contributed by atoms with E-state index in [9.17, 15) is 0 Å². The van der Waals surface area contributed by atoms with Crippen LogP contribution in [0.4, 0.5) is 34.1 Å². The fraction of sp³-hybridized carbons (Fsp3) is 0.0588. The first-order valence-electron chi connectivity index (χ1n) is 19.3. The highest BCUT2D eigenvalue weighted by molar-refractivity contribution is 7.00. The van der Waals surface area contributed by atoms with E-state index in [0.29, 0.717) is 0 Å². The van der Waals surface area contributed by atoms with Gasteiger partial charge in [-0.15, -0.1) is 0 Å². The van der Waals surface area contributed by atoms with Gasteiger partial charge in [0.05, 0.1) is 22.7 Å². The van der Waals surface area contributed by atoms with Gasteiger partial charge in [-0.2, -0.15) is 0 Å². The average molecular weight is 717 g/mol. The van der Waals surface area contributed by atoms with Crippen LogP contribution in [0.2, 0.25) is 0 Å². The second-order valence-electron chi connectivity index (χ2n) is 15.3. The Kier molecular flexibility index (Phi) is 7.27. The maximum atomic E-state index is 4.52. The summed E-state index contributed by atoms with van der Waals surface area (Å²) in [5.74, 6) is 0. The maximum absolute atomic E-state index is 4.52. The number of pyridine rings is 2. The SMILES string of the molecule is Cc1cc(C)c(B2c3ccc(-c4cccnc4)cc3N3c4cc5ccccc5cc4N(c4cccc(-c5cccnc5)c4)c4cc5ccccc5c2c43)c(C)c1. The number of nitrogens with zero attached hydrogens (tertiary/aromatic N) is 4. The predicted octanol–water partition coefficient (Wildman–Crippen LogP) is 11.1. The molecule has 0 fully saturated rings. The zero-order valence-corrected chi connectivity index (χ0v) is 31.5. The van der Waals surface area contributed by atoms with Crippen molar-refractivity contribution in [3.63, 3.8) is 0 Å². The molecule has 0 unspecified atom stereocenters. The van der Waals surface area contributed by atoms with E-state index in [1.54, 1.807) is 0 Å². The molecule has 0 amide bonds. The van der Waals surface area contributed by atoms with Gasteiger partial charge in [0.1, 0.15) is 0 Å². The monoisotopic (exact) mass is 716 g/mol. The number of fused-ring (bicyclic) bond motifs is 7. The van der Waals surface area contributed by atoms with Gasteiger partial charge in [-0.25, -0.2) is 0 Å². The van der Waals surface area contributed by atoms with Gasteiger partial charge in [0, 0.05) is 47.3 Å². The molecular formula is C51H37BN4. The number of benzene rings is 7. The normalized spacial score (nSPS) is 12.8. The molecule has 9 aromatic rings. The van der Waals surface area contributed by atoms with Crippen LogP contribution in [0.5, 0.6) is 0 Å². The van der Waals surface area contributed by atoms with E-state index in [0.717, 1.165) is 45.0 Å². The molecule has 2 aromatic heterocycles. The Balaban J connectivity index is 1.30. The Hall–Kier alpha value is -6.98. The van der Waals surface area contributed by atoms with Crippen LogP contribution < -0.4 is 26.2 Å². The zero-order chi connectivity index (χ0) is 37.5. The molecule has 56 heavy (non-hydrogen) atoms. The van der Waals surface area contributed by atoms with E-state index in [4.69, 9.17) is 0 Å². The number of aromatic nitrogens is 2. The Labute approximate surface area is 327 Å². The first-order valence-corrected chi connectivity index (χ1v) is 19.3. The first-order chi connectivity index (χ1) is 27.5. The van der Waals surface area contributed by atoms with Crippen LogP contribution in [0, 0.1) is 20.8 Å². The fourth-order valence-electron chi connectivity index (χ4n) is 9.55. The summed E-state index contributed by atoms with van der Waals surface area (Å²) in [6.07, 6.45) is 7.60. The summed E-state index contributed by atoms with van der Waals surface area (Å²) in [6, 6.07) is 53.9. The molecule has 2 aliphatic heterocycles. The van der Waals surface area contributed by atoms with Gasteiger partial charge < -0.3 is 9.80 Å². The Morgan fingerprint density at radius 1 is 0.446 bits per heavy atom. The molecule has 0 radical (unpaired) electrons. The van der Waals surface area contributed by atoms with Gasteiger partial charge in [0.25, 0.3) is 0 Å². The van der Waals surface area contributed by atoms with Gasteiger partial charge in [-0.3, -0.25) is 9.97 Å². The van der Waals surface area contributed by atoms with E-state index in [-0.39, 0.29) is 6.71 Å². The lowest BCUT2D eigenvalue weighted by molar-refractivity contribution is 1.18. The van der Waals surface area contributed by atoms with Crippen molar-refractivity contribution >= 4 is 78.8 Å². The maximum Gasteiger partial charge on any atom is 0.248 e. The number of hydrogen-bond acceptors (Lipinski definition) is 4. The summed E-state index contributed by atoms with van der Waals surface area (Å²) in [5.41, 5.74) is 19.4. The second-order valence-corrected chi connectivity index (χ2v) is 15.3. The molecule has 5 heteroatoms. The third kappa shape index (κ3) is 4.94. The molecule has 0 spiro atoms. The molecule has 0 aliphatic carbocycles. The van der Waals surface area contributed by atoms with Crippen molar-refractivity contribution in [3.05, 3.63) is 187 Å². The quantitative estimate of drug-likeness (QED) is 0.170. The molecule has 7 aromatic carbocycles. The van der Waals surface area contributed by atoms with Gasteiger partial charge in [-0.1, -0.05) is 119 Å². The van der Waals surface area contributed by atoms with Crippen LogP contribution in [-0.2, 0) is 0 Å². The summed E-state index contributed by atoms with van der Waals surface area (Å²) in [7, 11) is 0. The minimum Gasteiger partial charge on any atom is -0.307 e. The van der Waals surface area contributed by atoms with E-state index >= 15 is 0 Å². The number of anilines is 6. The molecule has 4 heterocycles. The largest absolute Gasteiger partial charge is 0.307 e. The predicted molar refractivity (Wildman–Crippen MR) is 236 cm³/mol. The lowest BCUT2D eigenvalue weighted by atomic mass is 9.33. The third-order valence-electron chi connectivity index (χ3n) is 11.8. The molecule has 0 saturated carbocycles. The lowest BCUT2D eigenvalue weighted by Crippen LogP contribution is -2.59. The Bertz CT molecular complexity index is 3010.